The summed E-state index contributed by atoms with van der Waals surface area (Å²) in [6.45, 7) is 6.36. The molecule has 0 radical (unpaired) electrons. The number of piperazine rings is 1. The summed E-state index contributed by atoms with van der Waals surface area (Å²) in [5, 5.41) is 0. The number of hydrogen-bond donors (Lipinski definition) is 0. The van der Waals surface area contributed by atoms with Gasteiger partial charge in [-0.15, -0.1) is 0 Å². The SMILES string of the molecule is COC1CCC(N2CC3CCCCN3CC2C)C1. The molecule has 4 unspecified atom stereocenters. The van der Waals surface area contributed by atoms with Gasteiger partial charge in [-0.2, -0.15) is 0 Å². The number of piperidine rings is 1. The zero-order valence-electron chi connectivity index (χ0n) is 12.0. The van der Waals surface area contributed by atoms with E-state index in [1.54, 1.807) is 0 Å². The monoisotopic (exact) mass is 252 g/mol. The molecule has 0 aromatic heterocycles. The van der Waals surface area contributed by atoms with Crippen molar-refractivity contribution in [3.63, 3.8) is 0 Å². The van der Waals surface area contributed by atoms with Gasteiger partial charge in [-0.3, -0.25) is 9.80 Å². The molecule has 2 aliphatic heterocycles. The quantitative estimate of drug-likeness (QED) is 0.748. The van der Waals surface area contributed by atoms with Crippen molar-refractivity contribution >= 4 is 0 Å². The summed E-state index contributed by atoms with van der Waals surface area (Å²) in [6.07, 6.45) is 8.66. The highest BCUT2D eigenvalue weighted by atomic mass is 16.5. The van der Waals surface area contributed by atoms with Crippen molar-refractivity contribution in [2.45, 2.75) is 69.7 Å². The molecule has 1 aliphatic carbocycles. The van der Waals surface area contributed by atoms with Crippen molar-refractivity contribution in [1.82, 2.24) is 9.80 Å². The Labute approximate surface area is 111 Å². The van der Waals surface area contributed by atoms with Crippen LogP contribution >= 0.6 is 0 Å². The topological polar surface area (TPSA) is 15.7 Å². The number of fused-ring (bicyclic) bond motifs is 1. The van der Waals surface area contributed by atoms with E-state index in [-0.39, 0.29) is 0 Å². The maximum atomic E-state index is 5.54. The largest absolute Gasteiger partial charge is 0.381 e. The minimum absolute atomic E-state index is 0.520. The first-order valence-corrected chi connectivity index (χ1v) is 7.80. The van der Waals surface area contributed by atoms with Crippen LogP contribution in [0.15, 0.2) is 0 Å². The first-order valence-electron chi connectivity index (χ1n) is 7.80. The van der Waals surface area contributed by atoms with Gasteiger partial charge < -0.3 is 4.74 Å². The lowest BCUT2D eigenvalue weighted by atomic mass is 9.95. The van der Waals surface area contributed by atoms with Crippen LogP contribution in [0.4, 0.5) is 0 Å². The molecular formula is C15H28N2O. The lowest BCUT2D eigenvalue weighted by Crippen LogP contribution is -2.60. The molecule has 0 aromatic carbocycles. The highest BCUT2D eigenvalue weighted by Gasteiger charge is 2.38. The van der Waals surface area contributed by atoms with Crippen molar-refractivity contribution in [3.8, 4) is 0 Å². The van der Waals surface area contributed by atoms with Crippen LogP contribution in [0.1, 0.15) is 45.4 Å². The second-order valence-electron chi connectivity index (χ2n) is 6.51. The smallest absolute Gasteiger partial charge is 0.0586 e. The average molecular weight is 252 g/mol. The second-order valence-corrected chi connectivity index (χ2v) is 6.51. The van der Waals surface area contributed by atoms with Crippen molar-refractivity contribution in [1.29, 1.82) is 0 Å². The molecule has 3 rings (SSSR count). The standard InChI is InChI=1S/C15H28N2O/c1-12-10-16-8-4-3-5-14(16)11-17(12)13-6-7-15(9-13)18-2/h12-15H,3-11H2,1-2H3. The van der Waals surface area contributed by atoms with Gasteiger partial charge in [0.2, 0.25) is 0 Å². The molecule has 4 atom stereocenters. The third kappa shape index (κ3) is 2.45. The van der Waals surface area contributed by atoms with E-state index >= 15 is 0 Å². The molecule has 3 aliphatic rings. The van der Waals surface area contributed by atoms with Crippen LogP contribution < -0.4 is 0 Å². The van der Waals surface area contributed by atoms with Gasteiger partial charge in [-0.05, 0) is 45.6 Å². The normalized spacial score (nSPS) is 43.0. The van der Waals surface area contributed by atoms with E-state index in [0.717, 1.165) is 18.1 Å². The van der Waals surface area contributed by atoms with Gasteiger partial charge in [0.15, 0.2) is 0 Å². The number of ether oxygens (including phenoxy) is 1. The summed E-state index contributed by atoms with van der Waals surface area (Å²) in [5.74, 6) is 0. The van der Waals surface area contributed by atoms with E-state index in [1.165, 1.54) is 58.2 Å². The molecule has 2 saturated heterocycles. The number of nitrogens with zero attached hydrogens (tertiary/aromatic N) is 2. The van der Waals surface area contributed by atoms with Gasteiger partial charge in [0.1, 0.15) is 0 Å². The van der Waals surface area contributed by atoms with Gasteiger partial charge in [0.05, 0.1) is 6.10 Å². The number of rotatable bonds is 2. The molecule has 18 heavy (non-hydrogen) atoms. The molecule has 3 nitrogen and oxygen atoms in total. The molecule has 0 aromatic rings. The van der Waals surface area contributed by atoms with E-state index in [1.807, 2.05) is 7.11 Å². The van der Waals surface area contributed by atoms with E-state index < -0.39 is 0 Å². The fourth-order valence-corrected chi connectivity index (χ4v) is 4.32. The van der Waals surface area contributed by atoms with Crippen LogP contribution in [0.3, 0.4) is 0 Å². The maximum Gasteiger partial charge on any atom is 0.0586 e. The molecule has 0 spiro atoms. The third-order valence-corrected chi connectivity index (χ3v) is 5.39. The predicted molar refractivity (Wildman–Crippen MR) is 73.8 cm³/mol. The van der Waals surface area contributed by atoms with Crippen LogP contribution in [-0.2, 0) is 4.74 Å². The predicted octanol–water partition coefficient (Wildman–Crippen LogP) is 2.11. The molecule has 0 N–H and O–H groups in total. The Balaban J connectivity index is 1.62. The zero-order chi connectivity index (χ0) is 12.5. The molecule has 1 saturated carbocycles. The first kappa shape index (κ1) is 12.9. The summed E-state index contributed by atoms with van der Waals surface area (Å²) in [4.78, 5) is 5.54. The Hall–Kier alpha value is -0.120. The van der Waals surface area contributed by atoms with Gasteiger partial charge >= 0.3 is 0 Å². The van der Waals surface area contributed by atoms with Gasteiger partial charge in [-0.25, -0.2) is 0 Å². The van der Waals surface area contributed by atoms with Gasteiger partial charge in [0.25, 0.3) is 0 Å². The summed E-state index contributed by atoms with van der Waals surface area (Å²) >= 11 is 0. The van der Waals surface area contributed by atoms with Crippen molar-refractivity contribution in [3.05, 3.63) is 0 Å². The Bertz CT molecular complexity index is 284. The minimum Gasteiger partial charge on any atom is -0.381 e. The summed E-state index contributed by atoms with van der Waals surface area (Å²) < 4.78 is 5.54. The average Bonchev–Trinajstić information content (AvgIpc) is 2.86. The highest BCUT2D eigenvalue weighted by molar-refractivity contribution is 4.94. The van der Waals surface area contributed by atoms with Crippen molar-refractivity contribution in [2.24, 2.45) is 0 Å². The summed E-state index contributed by atoms with van der Waals surface area (Å²) in [6, 6.07) is 2.37. The third-order valence-electron chi connectivity index (χ3n) is 5.39. The Morgan fingerprint density at radius 1 is 1.00 bits per heavy atom. The fourth-order valence-electron chi connectivity index (χ4n) is 4.32. The van der Waals surface area contributed by atoms with Crippen LogP contribution in [0.5, 0.6) is 0 Å². The molecule has 104 valence electrons. The number of hydrogen-bond acceptors (Lipinski definition) is 3. The highest BCUT2D eigenvalue weighted by Crippen LogP contribution is 2.32. The van der Waals surface area contributed by atoms with Gasteiger partial charge in [-0.1, -0.05) is 6.42 Å². The molecule has 2 heterocycles. The van der Waals surface area contributed by atoms with Crippen molar-refractivity contribution in [2.75, 3.05) is 26.7 Å². The molecule has 0 bridgehead atoms. The minimum atomic E-state index is 0.520. The first-order chi connectivity index (χ1) is 8.78. The van der Waals surface area contributed by atoms with Crippen LogP contribution in [0.2, 0.25) is 0 Å². The van der Waals surface area contributed by atoms with E-state index in [9.17, 15) is 0 Å². The maximum absolute atomic E-state index is 5.54. The number of methoxy groups -OCH3 is 1. The van der Waals surface area contributed by atoms with Crippen LogP contribution in [0, 0.1) is 0 Å². The zero-order valence-corrected chi connectivity index (χ0v) is 12.0. The summed E-state index contributed by atoms with van der Waals surface area (Å²) in [5.41, 5.74) is 0. The van der Waals surface area contributed by atoms with E-state index in [0.29, 0.717) is 6.10 Å². The van der Waals surface area contributed by atoms with Crippen LogP contribution in [-0.4, -0.2) is 60.8 Å². The molecular weight excluding hydrogens is 224 g/mol. The molecule has 3 fully saturated rings. The Kier molecular flexibility index (Phi) is 3.92. The van der Waals surface area contributed by atoms with Gasteiger partial charge in [0, 0.05) is 38.3 Å². The summed E-state index contributed by atoms with van der Waals surface area (Å²) in [7, 11) is 1.87. The van der Waals surface area contributed by atoms with Crippen molar-refractivity contribution < 1.29 is 4.74 Å². The lowest BCUT2D eigenvalue weighted by Gasteiger charge is -2.49. The second kappa shape index (κ2) is 5.48. The van der Waals surface area contributed by atoms with E-state index in [2.05, 4.69) is 16.7 Å². The molecule has 3 heteroatoms. The lowest BCUT2D eigenvalue weighted by molar-refractivity contribution is -0.0103. The Morgan fingerprint density at radius 2 is 1.89 bits per heavy atom. The van der Waals surface area contributed by atoms with Crippen LogP contribution in [0.25, 0.3) is 0 Å². The Morgan fingerprint density at radius 3 is 2.67 bits per heavy atom. The molecule has 0 amide bonds. The van der Waals surface area contributed by atoms with E-state index in [4.69, 9.17) is 4.74 Å². The fraction of sp³-hybridized carbons (Fsp3) is 1.00.